The minimum atomic E-state index is 0.520. The minimum absolute atomic E-state index is 0.520. The van der Waals surface area contributed by atoms with Gasteiger partial charge in [-0.25, -0.2) is 0 Å². The van der Waals surface area contributed by atoms with Crippen LogP contribution in [-0.4, -0.2) is 36.0 Å². The van der Waals surface area contributed by atoms with Crippen LogP contribution in [0.15, 0.2) is 18.2 Å². The van der Waals surface area contributed by atoms with Gasteiger partial charge in [0.05, 0.1) is 30.1 Å². The molecule has 0 radical (unpaired) electrons. The molecule has 1 aromatic heterocycles. The molecule has 0 aliphatic carbocycles. The van der Waals surface area contributed by atoms with Crippen molar-refractivity contribution in [1.29, 1.82) is 5.26 Å². The lowest BCUT2D eigenvalue weighted by Crippen LogP contribution is -2.33. The van der Waals surface area contributed by atoms with Crippen LogP contribution in [0.1, 0.15) is 24.5 Å². The number of piperidine rings is 1. The Hall–Kier alpha value is -1.64. The summed E-state index contributed by atoms with van der Waals surface area (Å²) >= 11 is 1.55. The molecule has 1 aliphatic rings. The molecule has 1 aliphatic heterocycles. The SMILES string of the molecule is COc1ccc2c(C3CCN(CC#N)CC3)nsc2c1. The maximum absolute atomic E-state index is 8.74. The fraction of sp³-hybridized carbons (Fsp3) is 0.467. The normalized spacial score (nSPS) is 17.2. The molecule has 20 heavy (non-hydrogen) atoms. The number of benzene rings is 1. The molecule has 3 rings (SSSR count). The third-order valence-corrected chi connectivity index (χ3v) is 4.80. The lowest BCUT2D eigenvalue weighted by atomic mass is 9.91. The van der Waals surface area contributed by atoms with E-state index in [2.05, 4.69) is 27.5 Å². The number of hydrogen-bond donors (Lipinski definition) is 0. The van der Waals surface area contributed by atoms with E-state index in [4.69, 9.17) is 10.00 Å². The Balaban J connectivity index is 1.80. The Morgan fingerprint density at radius 3 is 2.95 bits per heavy atom. The van der Waals surface area contributed by atoms with Gasteiger partial charge in [-0.2, -0.15) is 9.64 Å². The van der Waals surface area contributed by atoms with Gasteiger partial charge in [-0.05, 0) is 55.7 Å². The smallest absolute Gasteiger partial charge is 0.120 e. The lowest BCUT2D eigenvalue weighted by Gasteiger charge is -2.29. The number of likely N-dealkylation sites (tertiary alicyclic amines) is 1. The van der Waals surface area contributed by atoms with Gasteiger partial charge >= 0.3 is 0 Å². The highest BCUT2D eigenvalue weighted by atomic mass is 32.1. The van der Waals surface area contributed by atoms with E-state index in [0.29, 0.717) is 12.5 Å². The second kappa shape index (κ2) is 5.78. The first-order valence-electron chi connectivity index (χ1n) is 6.84. The first-order valence-corrected chi connectivity index (χ1v) is 7.62. The van der Waals surface area contributed by atoms with Gasteiger partial charge < -0.3 is 4.74 Å². The highest BCUT2D eigenvalue weighted by Gasteiger charge is 2.23. The van der Waals surface area contributed by atoms with Crippen molar-refractivity contribution in [2.24, 2.45) is 0 Å². The van der Waals surface area contributed by atoms with Crippen LogP contribution in [0.3, 0.4) is 0 Å². The van der Waals surface area contributed by atoms with E-state index in [1.165, 1.54) is 15.8 Å². The molecular formula is C15H17N3OS. The van der Waals surface area contributed by atoms with Gasteiger partial charge in [0, 0.05) is 11.3 Å². The fourth-order valence-electron chi connectivity index (χ4n) is 2.82. The van der Waals surface area contributed by atoms with Gasteiger partial charge in [-0.3, -0.25) is 4.90 Å². The molecule has 4 nitrogen and oxygen atoms in total. The molecule has 1 aromatic carbocycles. The van der Waals surface area contributed by atoms with Crippen molar-refractivity contribution in [2.75, 3.05) is 26.7 Å². The molecule has 0 saturated carbocycles. The lowest BCUT2D eigenvalue weighted by molar-refractivity contribution is 0.234. The van der Waals surface area contributed by atoms with Gasteiger partial charge in [-0.15, -0.1) is 0 Å². The van der Waals surface area contributed by atoms with E-state index in [9.17, 15) is 0 Å². The minimum Gasteiger partial charge on any atom is -0.497 e. The summed E-state index contributed by atoms with van der Waals surface area (Å²) in [5, 5.41) is 10.0. The largest absolute Gasteiger partial charge is 0.497 e. The van der Waals surface area contributed by atoms with Gasteiger partial charge in [0.25, 0.3) is 0 Å². The molecule has 5 heteroatoms. The summed E-state index contributed by atoms with van der Waals surface area (Å²) in [5.74, 6) is 1.41. The molecule has 1 fully saturated rings. The maximum atomic E-state index is 8.74. The highest BCUT2D eigenvalue weighted by molar-refractivity contribution is 7.13. The quantitative estimate of drug-likeness (QED) is 0.814. The zero-order chi connectivity index (χ0) is 13.9. The number of nitrogens with zero attached hydrogens (tertiary/aromatic N) is 3. The van der Waals surface area contributed by atoms with Crippen LogP contribution in [0.4, 0.5) is 0 Å². The van der Waals surface area contributed by atoms with Crippen molar-refractivity contribution in [1.82, 2.24) is 9.27 Å². The average molecular weight is 287 g/mol. The number of methoxy groups -OCH3 is 1. The summed E-state index contributed by atoms with van der Waals surface area (Å²) in [5.41, 5.74) is 1.23. The van der Waals surface area contributed by atoms with Crippen molar-refractivity contribution in [3.63, 3.8) is 0 Å². The number of aromatic nitrogens is 1. The van der Waals surface area contributed by atoms with Gasteiger partial charge in [-0.1, -0.05) is 0 Å². The number of nitriles is 1. The van der Waals surface area contributed by atoms with Crippen molar-refractivity contribution in [3.8, 4) is 11.8 Å². The number of fused-ring (bicyclic) bond motifs is 1. The van der Waals surface area contributed by atoms with Crippen molar-refractivity contribution < 1.29 is 4.74 Å². The topological polar surface area (TPSA) is 49.1 Å². The van der Waals surface area contributed by atoms with Crippen LogP contribution in [0, 0.1) is 11.3 Å². The Bertz CT molecular complexity index is 638. The molecule has 1 saturated heterocycles. The van der Waals surface area contributed by atoms with Crippen molar-refractivity contribution in [3.05, 3.63) is 23.9 Å². The summed E-state index contributed by atoms with van der Waals surface area (Å²) in [6.07, 6.45) is 2.18. The highest BCUT2D eigenvalue weighted by Crippen LogP contribution is 2.35. The van der Waals surface area contributed by atoms with Crippen LogP contribution in [-0.2, 0) is 0 Å². The number of rotatable bonds is 3. The summed E-state index contributed by atoms with van der Waals surface area (Å²) in [4.78, 5) is 2.22. The predicted octanol–water partition coefficient (Wildman–Crippen LogP) is 3.01. The molecule has 2 aromatic rings. The molecule has 0 spiro atoms. The van der Waals surface area contributed by atoms with E-state index < -0.39 is 0 Å². The zero-order valence-corrected chi connectivity index (χ0v) is 12.3. The van der Waals surface area contributed by atoms with E-state index in [0.717, 1.165) is 31.7 Å². The predicted molar refractivity (Wildman–Crippen MR) is 80.2 cm³/mol. The fourth-order valence-corrected chi connectivity index (χ4v) is 3.71. The molecule has 0 amide bonds. The first-order chi connectivity index (χ1) is 9.81. The third-order valence-electron chi connectivity index (χ3n) is 3.98. The Labute approximate surface area is 122 Å². The average Bonchev–Trinajstić information content (AvgIpc) is 2.91. The van der Waals surface area contributed by atoms with Crippen LogP contribution >= 0.6 is 11.5 Å². The number of ether oxygens (including phenoxy) is 1. The van der Waals surface area contributed by atoms with Crippen LogP contribution in [0.2, 0.25) is 0 Å². The van der Waals surface area contributed by atoms with Crippen LogP contribution < -0.4 is 4.74 Å². The van der Waals surface area contributed by atoms with Gasteiger partial charge in [0.2, 0.25) is 0 Å². The summed E-state index contributed by atoms with van der Waals surface area (Å²) in [7, 11) is 1.69. The first kappa shape index (κ1) is 13.3. The van der Waals surface area contributed by atoms with E-state index in [-0.39, 0.29) is 0 Å². The standard InChI is InChI=1S/C15H17N3OS/c1-19-12-2-3-13-14(10-12)20-17-15(13)11-4-7-18(8-5-11)9-6-16/h2-3,10-11H,4-5,7-9H2,1H3. The van der Waals surface area contributed by atoms with Crippen LogP contribution in [0.25, 0.3) is 10.1 Å². The van der Waals surface area contributed by atoms with Crippen LogP contribution in [0.5, 0.6) is 5.75 Å². The third kappa shape index (κ3) is 2.49. The molecule has 104 valence electrons. The Morgan fingerprint density at radius 2 is 2.25 bits per heavy atom. The molecule has 0 bridgehead atoms. The summed E-state index contributed by atoms with van der Waals surface area (Å²) in [6.45, 7) is 2.53. The van der Waals surface area contributed by atoms with Gasteiger partial charge in [0.1, 0.15) is 5.75 Å². The summed E-state index contributed by atoms with van der Waals surface area (Å²) < 4.78 is 11.1. The second-order valence-corrected chi connectivity index (χ2v) is 5.94. The van der Waals surface area contributed by atoms with E-state index in [1.807, 2.05) is 6.07 Å². The van der Waals surface area contributed by atoms with Crippen molar-refractivity contribution >= 4 is 21.6 Å². The van der Waals surface area contributed by atoms with E-state index in [1.54, 1.807) is 18.6 Å². The molecule has 2 heterocycles. The molecular weight excluding hydrogens is 270 g/mol. The molecule has 0 unspecified atom stereocenters. The maximum Gasteiger partial charge on any atom is 0.120 e. The number of hydrogen-bond acceptors (Lipinski definition) is 5. The van der Waals surface area contributed by atoms with Crippen molar-refractivity contribution in [2.45, 2.75) is 18.8 Å². The molecule has 0 atom stereocenters. The Kier molecular flexibility index (Phi) is 3.86. The Morgan fingerprint density at radius 1 is 1.45 bits per heavy atom. The second-order valence-electron chi connectivity index (χ2n) is 5.14. The monoisotopic (exact) mass is 287 g/mol. The molecule has 0 N–H and O–H groups in total. The summed E-state index contributed by atoms with van der Waals surface area (Å²) in [6, 6.07) is 8.41. The zero-order valence-electron chi connectivity index (χ0n) is 11.5. The van der Waals surface area contributed by atoms with E-state index >= 15 is 0 Å². The van der Waals surface area contributed by atoms with Gasteiger partial charge in [0.15, 0.2) is 0 Å².